The van der Waals surface area contributed by atoms with Gasteiger partial charge in [0.2, 0.25) is 11.8 Å². The number of benzene rings is 3. The molecular formula is C28H30Cl2FN3O4S. The van der Waals surface area contributed by atoms with Crippen LogP contribution in [0.2, 0.25) is 10.0 Å². The molecule has 3 aromatic carbocycles. The molecule has 1 atom stereocenters. The fourth-order valence-electron chi connectivity index (χ4n) is 3.74. The van der Waals surface area contributed by atoms with Gasteiger partial charge in [0.1, 0.15) is 18.4 Å². The van der Waals surface area contributed by atoms with Crippen molar-refractivity contribution in [2.45, 2.75) is 38.3 Å². The largest absolute Gasteiger partial charge is 0.354 e. The lowest BCUT2D eigenvalue weighted by Crippen LogP contribution is -2.51. The molecule has 3 aromatic rings. The van der Waals surface area contributed by atoms with E-state index in [1.165, 1.54) is 59.5 Å². The fourth-order valence-corrected chi connectivity index (χ4v) is 5.63. The summed E-state index contributed by atoms with van der Waals surface area (Å²) in [6.45, 7) is 5.10. The Hall–Kier alpha value is -3.14. The second-order valence-corrected chi connectivity index (χ2v) is 12.0. The molecule has 39 heavy (non-hydrogen) atoms. The lowest BCUT2D eigenvalue weighted by atomic mass is 10.1. The number of carbonyl (C=O) groups is 2. The summed E-state index contributed by atoms with van der Waals surface area (Å²) in [6.07, 6.45) is 0. The molecule has 0 spiro atoms. The maximum Gasteiger partial charge on any atom is 0.264 e. The Bertz CT molecular complexity index is 1400. The molecule has 7 nitrogen and oxygen atoms in total. The third-order valence-corrected chi connectivity index (χ3v) is 8.51. The van der Waals surface area contributed by atoms with E-state index in [0.717, 1.165) is 4.31 Å². The maximum absolute atomic E-state index is 13.8. The van der Waals surface area contributed by atoms with E-state index in [9.17, 15) is 22.4 Å². The minimum Gasteiger partial charge on any atom is -0.354 e. The molecule has 0 aliphatic carbocycles. The third kappa shape index (κ3) is 7.71. The highest BCUT2D eigenvalue weighted by Crippen LogP contribution is 2.35. The van der Waals surface area contributed by atoms with Crippen LogP contribution in [0.4, 0.5) is 10.1 Å². The number of hydrogen-bond acceptors (Lipinski definition) is 4. The number of anilines is 1. The summed E-state index contributed by atoms with van der Waals surface area (Å²) in [5, 5.41) is 2.87. The normalized spacial score (nSPS) is 12.2. The molecule has 2 amide bonds. The maximum atomic E-state index is 13.8. The van der Waals surface area contributed by atoms with Crippen molar-refractivity contribution in [3.05, 3.63) is 94.2 Å². The van der Waals surface area contributed by atoms with Crippen molar-refractivity contribution in [1.29, 1.82) is 0 Å². The van der Waals surface area contributed by atoms with Crippen LogP contribution < -0.4 is 9.62 Å². The van der Waals surface area contributed by atoms with Gasteiger partial charge in [0.05, 0.1) is 20.6 Å². The number of amides is 2. The zero-order valence-electron chi connectivity index (χ0n) is 21.8. The Labute approximate surface area is 238 Å². The van der Waals surface area contributed by atoms with E-state index < -0.39 is 40.2 Å². The molecule has 0 saturated heterocycles. The van der Waals surface area contributed by atoms with Crippen molar-refractivity contribution in [2.75, 3.05) is 17.4 Å². The van der Waals surface area contributed by atoms with Gasteiger partial charge in [-0.1, -0.05) is 73.4 Å². The molecule has 0 aliphatic rings. The summed E-state index contributed by atoms with van der Waals surface area (Å²) in [7, 11) is -4.28. The number of nitrogens with one attached hydrogen (secondary N) is 1. The van der Waals surface area contributed by atoms with Gasteiger partial charge in [-0.05, 0) is 54.8 Å². The van der Waals surface area contributed by atoms with Gasteiger partial charge in [-0.3, -0.25) is 13.9 Å². The minimum absolute atomic E-state index is 0.0139. The van der Waals surface area contributed by atoms with Crippen molar-refractivity contribution >= 4 is 50.7 Å². The molecule has 0 heterocycles. The smallest absolute Gasteiger partial charge is 0.264 e. The molecule has 0 fully saturated rings. The van der Waals surface area contributed by atoms with Crippen LogP contribution in [0.3, 0.4) is 0 Å². The van der Waals surface area contributed by atoms with E-state index in [4.69, 9.17) is 23.2 Å². The topological polar surface area (TPSA) is 86.8 Å². The van der Waals surface area contributed by atoms with E-state index in [-0.39, 0.29) is 33.1 Å². The average molecular weight is 595 g/mol. The van der Waals surface area contributed by atoms with Gasteiger partial charge in [-0.2, -0.15) is 0 Å². The minimum atomic E-state index is -4.28. The number of halogens is 3. The lowest BCUT2D eigenvalue weighted by Gasteiger charge is -2.32. The van der Waals surface area contributed by atoms with Crippen LogP contribution in [0.25, 0.3) is 0 Å². The Morgan fingerprint density at radius 3 is 2.18 bits per heavy atom. The molecular weight excluding hydrogens is 564 g/mol. The SMILES string of the molecule is CC(C)CNC(=O)[C@@H](C)N(Cc1ccc(F)cc1)C(=O)CN(c1cccc(Cl)c1Cl)S(=O)(=O)c1ccccc1. The highest BCUT2D eigenvalue weighted by Gasteiger charge is 2.33. The third-order valence-electron chi connectivity index (χ3n) is 5.93. The molecule has 0 bridgehead atoms. The molecule has 208 valence electrons. The molecule has 0 aliphatic heterocycles. The highest BCUT2D eigenvalue weighted by atomic mass is 35.5. The fraction of sp³-hybridized carbons (Fsp3) is 0.286. The van der Waals surface area contributed by atoms with Gasteiger partial charge in [0.25, 0.3) is 10.0 Å². The zero-order valence-corrected chi connectivity index (χ0v) is 24.1. The van der Waals surface area contributed by atoms with Crippen LogP contribution in [-0.4, -0.2) is 44.3 Å². The Kier molecular flexibility index (Phi) is 10.4. The highest BCUT2D eigenvalue weighted by molar-refractivity contribution is 7.92. The van der Waals surface area contributed by atoms with Crippen molar-refractivity contribution in [1.82, 2.24) is 10.2 Å². The van der Waals surface area contributed by atoms with Crippen LogP contribution in [0.15, 0.2) is 77.7 Å². The zero-order chi connectivity index (χ0) is 28.7. The van der Waals surface area contributed by atoms with E-state index in [2.05, 4.69) is 5.32 Å². The number of carbonyl (C=O) groups excluding carboxylic acids is 2. The molecule has 3 rings (SSSR count). The second kappa shape index (κ2) is 13.3. The second-order valence-electron chi connectivity index (χ2n) is 9.36. The first kappa shape index (κ1) is 30.4. The van der Waals surface area contributed by atoms with E-state index in [1.807, 2.05) is 13.8 Å². The predicted molar refractivity (Wildman–Crippen MR) is 152 cm³/mol. The van der Waals surface area contributed by atoms with E-state index in [0.29, 0.717) is 12.1 Å². The van der Waals surface area contributed by atoms with Crippen LogP contribution in [0.1, 0.15) is 26.3 Å². The number of sulfonamides is 1. The van der Waals surface area contributed by atoms with Crippen molar-refractivity contribution in [3.8, 4) is 0 Å². The molecule has 0 saturated carbocycles. The summed E-state index contributed by atoms with van der Waals surface area (Å²) < 4.78 is 41.9. The first-order chi connectivity index (χ1) is 18.4. The lowest BCUT2D eigenvalue weighted by molar-refractivity contribution is -0.139. The average Bonchev–Trinajstić information content (AvgIpc) is 2.91. The van der Waals surface area contributed by atoms with Crippen LogP contribution >= 0.6 is 23.2 Å². The predicted octanol–water partition coefficient (Wildman–Crippen LogP) is 5.52. The molecule has 0 radical (unpaired) electrons. The Morgan fingerprint density at radius 1 is 0.923 bits per heavy atom. The van der Waals surface area contributed by atoms with E-state index in [1.54, 1.807) is 25.1 Å². The number of nitrogens with zero attached hydrogens (tertiary/aromatic N) is 2. The van der Waals surface area contributed by atoms with Crippen molar-refractivity contribution < 1.29 is 22.4 Å². The van der Waals surface area contributed by atoms with Crippen LogP contribution in [0.5, 0.6) is 0 Å². The van der Waals surface area contributed by atoms with Crippen LogP contribution in [0, 0.1) is 11.7 Å². The molecule has 11 heteroatoms. The first-order valence-corrected chi connectivity index (χ1v) is 14.4. The quantitative estimate of drug-likeness (QED) is 0.317. The summed E-state index contributed by atoms with van der Waals surface area (Å²) in [5.74, 6) is -1.34. The number of hydrogen-bond donors (Lipinski definition) is 1. The summed E-state index contributed by atoms with van der Waals surface area (Å²) in [5.41, 5.74) is 0.575. The molecule has 1 N–H and O–H groups in total. The van der Waals surface area contributed by atoms with Gasteiger partial charge >= 0.3 is 0 Å². The summed E-state index contributed by atoms with van der Waals surface area (Å²) in [6, 6.07) is 16.6. The van der Waals surface area contributed by atoms with Gasteiger partial charge in [0, 0.05) is 13.1 Å². The Morgan fingerprint density at radius 2 is 1.56 bits per heavy atom. The first-order valence-electron chi connectivity index (χ1n) is 12.2. The number of rotatable bonds is 11. The van der Waals surface area contributed by atoms with Crippen molar-refractivity contribution in [3.63, 3.8) is 0 Å². The summed E-state index contributed by atoms with van der Waals surface area (Å²) >= 11 is 12.6. The van der Waals surface area contributed by atoms with Crippen LogP contribution in [-0.2, 0) is 26.2 Å². The van der Waals surface area contributed by atoms with Gasteiger partial charge < -0.3 is 10.2 Å². The molecule has 0 unspecified atom stereocenters. The van der Waals surface area contributed by atoms with E-state index >= 15 is 0 Å². The Balaban J connectivity index is 2.04. The van der Waals surface area contributed by atoms with Gasteiger partial charge in [-0.15, -0.1) is 0 Å². The standard InChI is InChI=1S/C28H30Cl2FN3O4S/c1-19(2)16-32-28(36)20(3)33(17-21-12-14-22(31)15-13-21)26(35)18-34(25-11-7-10-24(29)27(25)30)39(37,38)23-8-5-4-6-9-23/h4-15,19-20H,16-18H2,1-3H3,(H,32,36)/t20-/m1/s1. The van der Waals surface area contributed by atoms with Gasteiger partial charge in [-0.25, -0.2) is 12.8 Å². The van der Waals surface area contributed by atoms with Gasteiger partial charge in [0.15, 0.2) is 0 Å². The monoisotopic (exact) mass is 593 g/mol. The molecule has 0 aromatic heterocycles. The van der Waals surface area contributed by atoms with Crippen molar-refractivity contribution in [2.24, 2.45) is 5.92 Å². The summed E-state index contributed by atoms with van der Waals surface area (Å²) in [4.78, 5) is 28.0.